The molecular weight excluding hydrogens is 476 g/mol. The zero-order valence-corrected chi connectivity index (χ0v) is 22.0. The van der Waals surface area contributed by atoms with Gasteiger partial charge in [-0.1, -0.05) is 61.2 Å². The molecule has 0 bridgehead atoms. The average Bonchev–Trinajstić information content (AvgIpc) is 3.44. The van der Waals surface area contributed by atoms with Crippen molar-refractivity contribution in [3.8, 4) is 11.5 Å². The highest BCUT2D eigenvalue weighted by Crippen LogP contribution is 2.40. The van der Waals surface area contributed by atoms with Crippen molar-refractivity contribution in [2.75, 3.05) is 4.90 Å². The second-order valence-electron chi connectivity index (χ2n) is 10.3. The van der Waals surface area contributed by atoms with Crippen molar-refractivity contribution in [2.45, 2.75) is 64.8 Å². The van der Waals surface area contributed by atoms with Crippen LogP contribution in [0.3, 0.4) is 0 Å². The monoisotopic (exact) mass is 510 g/mol. The van der Waals surface area contributed by atoms with Gasteiger partial charge in [0, 0.05) is 17.7 Å². The normalized spacial score (nSPS) is 18.6. The summed E-state index contributed by atoms with van der Waals surface area (Å²) in [7, 11) is 0. The van der Waals surface area contributed by atoms with Gasteiger partial charge in [-0.05, 0) is 69.4 Å². The number of aliphatic hydroxyl groups excluding tert-OH is 1. The predicted octanol–water partition coefficient (Wildman–Crippen LogP) is 7.13. The maximum atomic E-state index is 13.5. The van der Waals surface area contributed by atoms with Crippen LogP contribution in [0.1, 0.15) is 62.0 Å². The number of carbonyl (C=O) groups excluding carboxylic acids is 2. The van der Waals surface area contributed by atoms with Gasteiger partial charge in [0.05, 0.1) is 11.6 Å². The summed E-state index contributed by atoms with van der Waals surface area (Å²) in [5, 5.41) is 10.9. The molecule has 3 aromatic rings. The maximum Gasteiger partial charge on any atom is 0.294 e. The molecule has 1 fully saturated rings. The predicted molar refractivity (Wildman–Crippen MR) is 149 cm³/mol. The molecule has 1 aromatic heterocycles. The standard InChI is InChI=1S/C32H34N2O4/c1-21-17-19-25(20-18-21)34-29(23-11-5-3-6-12-23)28(30(36)32(34)37)27(35)16-10-9-15-26-22(2)38-31(33-26)24-13-7-4-8-14-24/h4,7-9,13-15,17-20,23,29,36H,3,5-6,10-12,16H2,1-2H3. The summed E-state index contributed by atoms with van der Waals surface area (Å²) < 4.78 is 5.82. The summed E-state index contributed by atoms with van der Waals surface area (Å²) in [5.74, 6) is 0.379. The van der Waals surface area contributed by atoms with E-state index in [1.807, 2.05) is 80.6 Å². The smallest absolute Gasteiger partial charge is 0.294 e. The van der Waals surface area contributed by atoms with Crippen molar-refractivity contribution < 1.29 is 19.1 Å². The molecule has 38 heavy (non-hydrogen) atoms. The van der Waals surface area contributed by atoms with E-state index >= 15 is 0 Å². The molecule has 1 aliphatic carbocycles. The lowest BCUT2D eigenvalue weighted by molar-refractivity contribution is -0.118. The van der Waals surface area contributed by atoms with Crippen LogP contribution in [0, 0.1) is 19.8 Å². The molecule has 5 rings (SSSR count). The van der Waals surface area contributed by atoms with Gasteiger partial charge in [-0.15, -0.1) is 0 Å². The van der Waals surface area contributed by atoms with Crippen LogP contribution >= 0.6 is 0 Å². The first kappa shape index (κ1) is 25.7. The minimum atomic E-state index is -0.477. The lowest BCUT2D eigenvalue weighted by atomic mass is 9.79. The van der Waals surface area contributed by atoms with E-state index in [9.17, 15) is 14.7 Å². The number of nitrogens with zero attached hydrogens (tertiary/aromatic N) is 2. The molecule has 1 unspecified atom stereocenters. The van der Waals surface area contributed by atoms with E-state index in [1.165, 1.54) is 6.42 Å². The third-order valence-electron chi connectivity index (χ3n) is 7.63. The van der Waals surface area contributed by atoms with Gasteiger partial charge in [0.15, 0.2) is 11.5 Å². The molecule has 6 heteroatoms. The number of amides is 1. The highest BCUT2D eigenvalue weighted by Gasteiger charge is 2.46. The van der Waals surface area contributed by atoms with Gasteiger partial charge >= 0.3 is 0 Å². The second kappa shape index (κ2) is 11.2. The number of oxazole rings is 1. The number of benzene rings is 2. The number of anilines is 1. The van der Waals surface area contributed by atoms with Gasteiger partial charge in [0.1, 0.15) is 11.5 Å². The molecule has 2 aliphatic rings. The topological polar surface area (TPSA) is 83.6 Å². The van der Waals surface area contributed by atoms with E-state index in [1.54, 1.807) is 4.90 Å². The molecule has 2 aromatic carbocycles. The molecule has 0 radical (unpaired) electrons. The van der Waals surface area contributed by atoms with Crippen LogP contribution < -0.4 is 4.90 Å². The van der Waals surface area contributed by atoms with Gasteiger partial charge in [-0.25, -0.2) is 4.98 Å². The first-order valence-electron chi connectivity index (χ1n) is 13.5. The summed E-state index contributed by atoms with van der Waals surface area (Å²) in [6, 6.07) is 17.0. The van der Waals surface area contributed by atoms with Crippen LogP contribution in [0.5, 0.6) is 0 Å². The molecule has 1 amide bonds. The summed E-state index contributed by atoms with van der Waals surface area (Å²) in [5.41, 5.74) is 3.72. The summed E-state index contributed by atoms with van der Waals surface area (Å²) in [4.78, 5) is 33.0. The Hall–Kier alpha value is -3.93. The highest BCUT2D eigenvalue weighted by atomic mass is 16.4. The molecule has 0 saturated heterocycles. The third-order valence-corrected chi connectivity index (χ3v) is 7.63. The molecular formula is C32H34N2O4. The Kier molecular flexibility index (Phi) is 7.59. The van der Waals surface area contributed by atoms with Crippen molar-refractivity contribution in [3.63, 3.8) is 0 Å². The zero-order chi connectivity index (χ0) is 26.6. The SMILES string of the molecule is Cc1ccc(N2C(=O)C(O)=C(C(=O)CCC=Cc3nc(-c4ccccc4)oc3C)C2C2CCCCC2)cc1. The quantitative estimate of drug-likeness (QED) is 0.349. The molecule has 6 nitrogen and oxygen atoms in total. The summed E-state index contributed by atoms with van der Waals surface area (Å²) in [6.07, 6.45) is 9.64. The molecule has 1 atom stereocenters. The number of ketones is 1. The number of Topliss-reactive ketones (excluding diaryl/α,β-unsaturated/α-hetero) is 1. The van der Waals surface area contributed by atoms with Crippen LogP contribution in [0.25, 0.3) is 17.5 Å². The van der Waals surface area contributed by atoms with Crippen molar-refractivity contribution in [3.05, 3.63) is 89.0 Å². The Labute approximate surface area is 223 Å². The zero-order valence-electron chi connectivity index (χ0n) is 22.0. The van der Waals surface area contributed by atoms with Crippen LogP contribution in [0.15, 0.2) is 76.4 Å². The Balaban J connectivity index is 1.32. The fourth-order valence-corrected chi connectivity index (χ4v) is 5.61. The lowest BCUT2D eigenvalue weighted by Gasteiger charge is -2.35. The lowest BCUT2D eigenvalue weighted by Crippen LogP contribution is -2.42. The molecule has 1 aliphatic heterocycles. The number of aromatic nitrogens is 1. The second-order valence-corrected chi connectivity index (χ2v) is 10.3. The number of carbonyl (C=O) groups is 2. The van der Waals surface area contributed by atoms with Crippen LogP contribution in [-0.2, 0) is 9.59 Å². The van der Waals surface area contributed by atoms with Crippen molar-refractivity contribution >= 4 is 23.5 Å². The molecule has 1 N–H and O–H groups in total. The number of aryl methyl sites for hydroxylation is 2. The van der Waals surface area contributed by atoms with E-state index in [-0.39, 0.29) is 23.7 Å². The van der Waals surface area contributed by atoms with Gasteiger partial charge in [-0.3, -0.25) is 14.5 Å². The first-order valence-corrected chi connectivity index (χ1v) is 13.5. The fraction of sp³-hybridized carbons (Fsp3) is 0.344. The highest BCUT2D eigenvalue weighted by molar-refractivity contribution is 6.16. The van der Waals surface area contributed by atoms with Gasteiger partial charge < -0.3 is 9.52 Å². The van der Waals surface area contributed by atoms with Crippen molar-refractivity contribution in [2.24, 2.45) is 5.92 Å². The maximum absolute atomic E-state index is 13.5. The van der Waals surface area contributed by atoms with Crippen molar-refractivity contribution in [1.29, 1.82) is 0 Å². The number of hydrogen-bond donors (Lipinski definition) is 1. The summed E-state index contributed by atoms with van der Waals surface area (Å²) in [6.45, 7) is 3.86. The van der Waals surface area contributed by atoms with E-state index in [2.05, 4.69) is 4.98 Å². The fourth-order valence-electron chi connectivity index (χ4n) is 5.61. The largest absolute Gasteiger partial charge is 0.503 e. The third kappa shape index (κ3) is 5.21. The van der Waals surface area contributed by atoms with Crippen LogP contribution in [-0.4, -0.2) is 27.8 Å². The summed E-state index contributed by atoms with van der Waals surface area (Å²) >= 11 is 0. The molecule has 1 saturated carbocycles. The number of aliphatic hydroxyl groups is 1. The average molecular weight is 511 g/mol. The number of allylic oxidation sites excluding steroid dienone is 1. The van der Waals surface area contributed by atoms with E-state index < -0.39 is 17.7 Å². The van der Waals surface area contributed by atoms with Gasteiger partial charge in [0.25, 0.3) is 5.91 Å². The molecule has 2 heterocycles. The number of rotatable bonds is 8. The van der Waals surface area contributed by atoms with Crippen molar-refractivity contribution in [1.82, 2.24) is 4.98 Å². The molecule has 0 spiro atoms. The Morgan fingerprint density at radius 1 is 1.05 bits per heavy atom. The van der Waals surface area contributed by atoms with E-state index in [0.717, 1.165) is 48.2 Å². The van der Waals surface area contributed by atoms with Gasteiger partial charge in [-0.2, -0.15) is 0 Å². The Morgan fingerprint density at radius 3 is 2.47 bits per heavy atom. The number of hydrogen-bond acceptors (Lipinski definition) is 5. The minimum absolute atomic E-state index is 0.155. The first-order chi connectivity index (χ1) is 18.4. The van der Waals surface area contributed by atoms with Crippen LogP contribution in [0.2, 0.25) is 0 Å². The minimum Gasteiger partial charge on any atom is -0.503 e. The van der Waals surface area contributed by atoms with E-state index in [4.69, 9.17) is 4.42 Å². The van der Waals surface area contributed by atoms with Crippen LogP contribution in [0.4, 0.5) is 5.69 Å². The van der Waals surface area contributed by atoms with Gasteiger partial charge in [0.2, 0.25) is 5.89 Å². The van der Waals surface area contributed by atoms with E-state index in [0.29, 0.717) is 18.1 Å². The Bertz CT molecular complexity index is 1360. The molecule has 196 valence electrons. The Morgan fingerprint density at radius 2 is 1.76 bits per heavy atom.